The first-order valence-electron chi connectivity index (χ1n) is 6.28. The number of rotatable bonds is 4. The molecule has 0 saturated heterocycles. The third kappa shape index (κ3) is 3.42. The maximum Gasteiger partial charge on any atom is 0.244 e. The Morgan fingerprint density at radius 2 is 1.58 bits per heavy atom. The largest absolute Gasteiger partial charge is 0.340 e. The van der Waals surface area contributed by atoms with Gasteiger partial charge in [-0.25, -0.2) is 0 Å². The van der Waals surface area contributed by atoms with Crippen molar-refractivity contribution >= 4 is 5.91 Å². The molecule has 0 aliphatic heterocycles. The number of nitrogens with two attached hydrogens (primary N) is 1. The standard InChI is InChI=1S/C16H18N2O/c1-18(12-13-8-4-2-5-9-13)16(19)15(17)14-10-6-3-7-11-14/h2-11,15H,12,17H2,1H3. The van der Waals surface area contributed by atoms with Gasteiger partial charge >= 0.3 is 0 Å². The molecule has 0 saturated carbocycles. The molecule has 98 valence electrons. The molecule has 0 bridgehead atoms. The summed E-state index contributed by atoms with van der Waals surface area (Å²) in [6, 6.07) is 18.7. The second kappa shape index (κ2) is 6.16. The van der Waals surface area contributed by atoms with E-state index in [1.54, 1.807) is 11.9 Å². The summed E-state index contributed by atoms with van der Waals surface area (Å²) in [6.45, 7) is 0.570. The van der Waals surface area contributed by atoms with Gasteiger partial charge in [-0.1, -0.05) is 60.7 Å². The lowest BCUT2D eigenvalue weighted by atomic mass is 10.1. The molecule has 0 aliphatic rings. The molecular weight excluding hydrogens is 236 g/mol. The fourth-order valence-electron chi connectivity index (χ4n) is 1.98. The van der Waals surface area contributed by atoms with Crippen LogP contribution in [0.4, 0.5) is 0 Å². The van der Waals surface area contributed by atoms with E-state index in [2.05, 4.69) is 0 Å². The lowest BCUT2D eigenvalue weighted by Crippen LogP contribution is -2.35. The Morgan fingerprint density at radius 1 is 1.05 bits per heavy atom. The van der Waals surface area contributed by atoms with Crippen LogP contribution >= 0.6 is 0 Å². The molecule has 0 radical (unpaired) electrons. The van der Waals surface area contributed by atoms with Crippen LogP contribution in [0.2, 0.25) is 0 Å². The Bertz CT molecular complexity index is 525. The van der Waals surface area contributed by atoms with Crippen molar-refractivity contribution in [2.45, 2.75) is 12.6 Å². The Kier molecular flexibility index (Phi) is 4.31. The van der Waals surface area contributed by atoms with E-state index >= 15 is 0 Å². The van der Waals surface area contributed by atoms with Gasteiger partial charge in [-0.2, -0.15) is 0 Å². The SMILES string of the molecule is CN(Cc1ccccc1)C(=O)C(N)c1ccccc1. The minimum absolute atomic E-state index is 0.0740. The molecular formula is C16H18N2O. The third-order valence-electron chi connectivity index (χ3n) is 3.06. The summed E-state index contributed by atoms with van der Waals surface area (Å²) in [6.07, 6.45) is 0. The van der Waals surface area contributed by atoms with Crippen molar-refractivity contribution in [1.82, 2.24) is 4.90 Å². The van der Waals surface area contributed by atoms with Crippen LogP contribution in [0.1, 0.15) is 17.2 Å². The second-order valence-electron chi connectivity index (χ2n) is 4.57. The molecule has 0 spiro atoms. The minimum Gasteiger partial charge on any atom is -0.340 e. The molecule has 1 unspecified atom stereocenters. The molecule has 0 aromatic heterocycles. The van der Waals surface area contributed by atoms with Crippen molar-refractivity contribution in [3.05, 3.63) is 71.8 Å². The Morgan fingerprint density at radius 3 is 2.16 bits per heavy atom. The van der Waals surface area contributed by atoms with Gasteiger partial charge in [-0.3, -0.25) is 4.79 Å². The van der Waals surface area contributed by atoms with Crippen LogP contribution in [0, 0.1) is 0 Å². The highest BCUT2D eigenvalue weighted by atomic mass is 16.2. The van der Waals surface area contributed by atoms with E-state index in [0.717, 1.165) is 11.1 Å². The van der Waals surface area contributed by atoms with Crippen molar-refractivity contribution in [2.75, 3.05) is 7.05 Å². The highest BCUT2D eigenvalue weighted by Crippen LogP contribution is 2.13. The fraction of sp³-hybridized carbons (Fsp3) is 0.188. The number of carbonyl (C=O) groups is 1. The highest BCUT2D eigenvalue weighted by molar-refractivity contribution is 5.82. The molecule has 1 amide bonds. The molecule has 3 heteroatoms. The molecule has 3 nitrogen and oxygen atoms in total. The summed E-state index contributed by atoms with van der Waals surface area (Å²) in [5.74, 6) is -0.0740. The predicted molar refractivity (Wildman–Crippen MR) is 76.3 cm³/mol. The Balaban J connectivity index is 2.03. The van der Waals surface area contributed by atoms with E-state index < -0.39 is 6.04 Å². The van der Waals surface area contributed by atoms with Crippen LogP contribution in [0.15, 0.2) is 60.7 Å². The Hall–Kier alpha value is -2.13. The first kappa shape index (κ1) is 13.3. The summed E-state index contributed by atoms with van der Waals surface area (Å²) in [5.41, 5.74) is 7.94. The van der Waals surface area contributed by atoms with Crippen molar-refractivity contribution in [3.63, 3.8) is 0 Å². The average Bonchev–Trinajstić information content (AvgIpc) is 2.47. The smallest absolute Gasteiger partial charge is 0.244 e. The predicted octanol–water partition coefficient (Wildman–Crippen LogP) is 2.35. The van der Waals surface area contributed by atoms with Gasteiger partial charge in [0.15, 0.2) is 0 Å². The zero-order chi connectivity index (χ0) is 13.7. The van der Waals surface area contributed by atoms with Gasteiger partial charge in [-0.15, -0.1) is 0 Å². The van der Waals surface area contributed by atoms with Gasteiger partial charge in [0.25, 0.3) is 0 Å². The minimum atomic E-state index is -0.602. The molecule has 1 atom stereocenters. The van der Waals surface area contributed by atoms with Crippen molar-refractivity contribution in [3.8, 4) is 0 Å². The number of amides is 1. The number of benzene rings is 2. The number of carbonyl (C=O) groups excluding carboxylic acids is 1. The van der Waals surface area contributed by atoms with Gasteiger partial charge in [-0.05, 0) is 11.1 Å². The lowest BCUT2D eigenvalue weighted by molar-refractivity contribution is -0.131. The van der Waals surface area contributed by atoms with E-state index in [4.69, 9.17) is 5.73 Å². The highest BCUT2D eigenvalue weighted by Gasteiger charge is 2.19. The van der Waals surface area contributed by atoms with E-state index in [9.17, 15) is 4.79 Å². The fourth-order valence-corrected chi connectivity index (χ4v) is 1.98. The lowest BCUT2D eigenvalue weighted by Gasteiger charge is -2.21. The van der Waals surface area contributed by atoms with Gasteiger partial charge < -0.3 is 10.6 Å². The quantitative estimate of drug-likeness (QED) is 0.910. The van der Waals surface area contributed by atoms with Crippen LogP contribution in [0.3, 0.4) is 0 Å². The van der Waals surface area contributed by atoms with E-state index in [1.807, 2.05) is 60.7 Å². The summed E-state index contributed by atoms with van der Waals surface area (Å²) in [7, 11) is 1.78. The van der Waals surface area contributed by atoms with Crippen molar-refractivity contribution < 1.29 is 4.79 Å². The number of hydrogen-bond acceptors (Lipinski definition) is 2. The monoisotopic (exact) mass is 254 g/mol. The van der Waals surface area contributed by atoms with Crippen LogP contribution in [-0.4, -0.2) is 17.9 Å². The molecule has 0 fully saturated rings. The van der Waals surface area contributed by atoms with Crippen LogP contribution in [0.25, 0.3) is 0 Å². The van der Waals surface area contributed by atoms with Crippen LogP contribution < -0.4 is 5.73 Å². The van der Waals surface area contributed by atoms with Crippen LogP contribution in [-0.2, 0) is 11.3 Å². The van der Waals surface area contributed by atoms with Gasteiger partial charge in [0, 0.05) is 13.6 Å². The Labute approximate surface area is 113 Å². The molecule has 2 N–H and O–H groups in total. The molecule has 0 heterocycles. The molecule has 19 heavy (non-hydrogen) atoms. The maximum absolute atomic E-state index is 12.2. The molecule has 2 aromatic rings. The number of likely N-dealkylation sites (N-methyl/N-ethyl adjacent to an activating group) is 1. The van der Waals surface area contributed by atoms with E-state index in [0.29, 0.717) is 6.54 Å². The second-order valence-corrected chi connectivity index (χ2v) is 4.57. The van der Waals surface area contributed by atoms with Crippen molar-refractivity contribution in [1.29, 1.82) is 0 Å². The zero-order valence-corrected chi connectivity index (χ0v) is 11.0. The summed E-state index contributed by atoms with van der Waals surface area (Å²) in [4.78, 5) is 13.9. The molecule has 0 aliphatic carbocycles. The number of nitrogens with zero attached hydrogens (tertiary/aromatic N) is 1. The van der Waals surface area contributed by atoms with Crippen LogP contribution in [0.5, 0.6) is 0 Å². The average molecular weight is 254 g/mol. The first-order chi connectivity index (χ1) is 9.18. The van der Waals surface area contributed by atoms with Gasteiger partial charge in [0.1, 0.15) is 6.04 Å². The number of hydrogen-bond donors (Lipinski definition) is 1. The molecule has 2 aromatic carbocycles. The third-order valence-corrected chi connectivity index (χ3v) is 3.06. The summed E-state index contributed by atoms with van der Waals surface area (Å²) < 4.78 is 0. The maximum atomic E-state index is 12.2. The van der Waals surface area contributed by atoms with E-state index in [-0.39, 0.29) is 5.91 Å². The van der Waals surface area contributed by atoms with Gasteiger partial charge in [0.05, 0.1) is 0 Å². The zero-order valence-electron chi connectivity index (χ0n) is 11.0. The summed E-state index contributed by atoms with van der Waals surface area (Å²) >= 11 is 0. The molecule has 2 rings (SSSR count). The van der Waals surface area contributed by atoms with Gasteiger partial charge in [0.2, 0.25) is 5.91 Å². The first-order valence-corrected chi connectivity index (χ1v) is 6.28. The summed E-state index contributed by atoms with van der Waals surface area (Å²) in [5, 5.41) is 0. The topological polar surface area (TPSA) is 46.3 Å². The normalized spacial score (nSPS) is 11.9. The van der Waals surface area contributed by atoms with E-state index in [1.165, 1.54) is 0 Å². The van der Waals surface area contributed by atoms with Crippen molar-refractivity contribution in [2.24, 2.45) is 5.73 Å².